The summed E-state index contributed by atoms with van der Waals surface area (Å²) < 4.78 is 38.3. The number of para-hydroxylation sites is 1. The number of benzene rings is 8. The van der Waals surface area contributed by atoms with Crippen molar-refractivity contribution in [2.75, 3.05) is 0 Å². The molecule has 0 saturated heterocycles. The van der Waals surface area contributed by atoms with E-state index in [1.165, 1.54) is 110 Å². The number of rotatable bonds is 31. The first-order valence-corrected chi connectivity index (χ1v) is 44.3. The number of hydrogen-bond acceptors (Lipinski definition) is 12. The minimum absolute atomic E-state index is 0.00963. The lowest BCUT2D eigenvalue weighted by Gasteiger charge is -2.26. The van der Waals surface area contributed by atoms with Crippen LogP contribution < -0.4 is 0 Å². The van der Waals surface area contributed by atoms with E-state index in [0.29, 0.717) is 69.6 Å². The van der Waals surface area contributed by atoms with Crippen molar-refractivity contribution in [2.24, 2.45) is 30.0 Å². The molecule has 2 aliphatic carbocycles. The van der Waals surface area contributed by atoms with E-state index in [-0.39, 0.29) is 33.2 Å². The topological polar surface area (TPSA) is 196 Å². The van der Waals surface area contributed by atoms with Crippen molar-refractivity contribution in [3.05, 3.63) is 211 Å². The second-order valence-electron chi connectivity index (χ2n) is 37.7. The minimum Gasteiger partial charge on any atom is -0.505 e. The SMILES string of the molecule is CC(C)(C)c1cc(N=CCCCCCCC=Nc2cc(C(C)(C)C)cc(C(C)(C)C)c2O)c(O)c(C(C)(C)C)c1.Cc1cc(N=CCCCCCCC=Nc2cc(C)cc(C3CCCCC3)c2O)c(O)c(C2CCCCC2)c1.Cc1ccc(C=Nc2cc(C)cc(CCCCCCc3cccc(N=Cc4ccc(C(F)(F)F)cc4)c3O)c2O)cc1. The van der Waals surface area contributed by atoms with Crippen LogP contribution in [0.4, 0.5) is 47.3 Å². The van der Waals surface area contributed by atoms with E-state index in [2.05, 4.69) is 151 Å². The number of aromatic hydroxyl groups is 6. The number of hydrogen-bond donors (Lipinski definition) is 6. The van der Waals surface area contributed by atoms with Crippen LogP contribution in [-0.2, 0) is 40.7 Å². The molecule has 0 bridgehead atoms. The van der Waals surface area contributed by atoms with E-state index in [4.69, 9.17) is 0 Å². The molecule has 2 aliphatic rings. The Balaban J connectivity index is 0.000000224. The van der Waals surface area contributed by atoms with Gasteiger partial charge in [0.2, 0.25) is 0 Å². The normalized spacial score (nSPS) is 14.3. The quantitative estimate of drug-likeness (QED) is 0.0185. The molecule has 0 aliphatic heterocycles. The lowest BCUT2D eigenvalue weighted by atomic mass is 9.80. The summed E-state index contributed by atoms with van der Waals surface area (Å²) in [5.74, 6) is 2.65. The second-order valence-corrected chi connectivity index (χ2v) is 37.7. The van der Waals surface area contributed by atoms with Gasteiger partial charge in [-0.1, -0.05) is 245 Å². The zero-order valence-corrected chi connectivity index (χ0v) is 75.0. The first-order valence-electron chi connectivity index (χ1n) is 44.3. The highest BCUT2D eigenvalue weighted by molar-refractivity contribution is 5.84. The van der Waals surface area contributed by atoms with Crippen LogP contribution in [0.2, 0.25) is 0 Å². The van der Waals surface area contributed by atoms with Gasteiger partial charge in [-0.2, -0.15) is 13.2 Å². The van der Waals surface area contributed by atoms with Crippen molar-refractivity contribution in [1.29, 1.82) is 0 Å². The Bertz CT molecular complexity index is 4600. The molecule has 0 radical (unpaired) electrons. The average molecular weight is 1640 g/mol. The maximum atomic E-state index is 12.8. The number of alkyl halides is 3. The largest absolute Gasteiger partial charge is 0.505 e. The van der Waals surface area contributed by atoms with Crippen LogP contribution in [0, 0.1) is 27.7 Å². The summed E-state index contributed by atoms with van der Waals surface area (Å²) >= 11 is 0. The van der Waals surface area contributed by atoms with Gasteiger partial charge in [0.05, 0.1) is 5.56 Å². The van der Waals surface area contributed by atoms with Crippen LogP contribution in [0.15, 0.2) is 157 Å². The van der Waals surface area contributed by atoms with E-state index in [1.54, 1.807) is 12.3 Å². The monoisotopic (exact) mass is 1640 g/mol. The highest BCUT2D eigenvalue weighted by Gasteiger charge is 2.31. The molecule has 6 N–H and O–H groups in total. The van der Waals surface area contributed by atoms with Crippen LogP contribution in [0.1, 0.15) is 345 Å². The number of phenolic OH excluding ortho intramolecular Hbond substituents is 6. The van der Waals surface area contributed by atoms with Gasteiger partial charge in [0.25, 0.3) is 0 Å². The van der Waals surface area contributed by atoms with Gasteiger partial charge < -0.3 is 30.6 Å². The standard InChI is InChI=1S/C36H56N2O2.C35H35F3N2O2.C34H48N2O2/c1-33(2,3)25-21-27(35(7,8)9)31(39)29(23-25)37-19-17-15-13-14-16-18-20-38-30-24-26(34(4,5)6)22-28(32(30)40)36(10,11)12;1-24-12-14-26(15-13-24)23-40-32-21-25(2)20-29(34(32)42)9-6-4-3-5-8-28-10-7-11-31(33(28)41)39-22-27-16-18-30(19-17-27)35(36,37)38;1-25-21-29(27-15-9-7-10-16-27)33(37)31(23-25)35-19-13-5-3-4-6-14-20-36-32-24-26(2)22-30(34(32)38)28-17-11-8-12-18-28/h19-24,39-40H,13-18H2,1-12H3;7,10-23,41-42H,3-6,8-9H2,1-2H3;19-24,27-28,37-38H,3-18H2,1-2H3. The first-order chi connectivity index (χ1) is 56.8. The van der Waals surface area contributed by atoms with E-state index >= 15 is 0 Å². The van der Waals surface area contributed by atoms with Crippen LogP contribution in [0.25, 0.3) is 0 Å². The smallest absolute Gasteiger partial charge is 0.416 e. The molecule has 0 heterocycles. The van der Waals surface area contributed by atoms with E-state index in [1.807, 2.05) is 112 Å². The number of unbranched alkanes of at least 4 members (excludes halogenated alkanes) is 13. The van der Waals surface area contributed by atoms with E-state index < -0.39 is 11.7 Å². The van der Waals surface area contributed by atoms with E-state index in [9.17, 15) is 43.8 Å². The molecular weight excluding hydrogens is 1500 g/mol. The minimum atomic E-state index is -4.38. The fourth-order valence-electron chi connectivity index (χ4n) is 15.7. The summed E-state index contributed by atoms with van der Waals surface area (Å²) in [5, 5.41) is 65.0. The van der Waals surface area contributed by atoms with Crippen molar-refractivity contribution in [3.63, 3.8) is 0 Å². The van der Waals surface area contributed by atoms with Crippen molar-refractivity contribution < 1.29 is 43.8 Å². The van der Waals surface area contributed by atoms with Crippen LogP contribution in [0.5, 0.6) is 34.5 Å². The molecule has 2 saturated carbocycles. The fraction of sp³-hybridized carbons (Fsp3) is 0.486. The van der Waals surface area contributed by atoms with Gasteiger partial charge in [-0.15, -0.1) is 0 Å². The van der Waals surface area contributed by atoms with Crippen molar-refractivity contribution >= 4 is 71.4 Å². The van der Waals surface area contributed by atoms with Gasteiger partial charge in [-0.3, -0.25) is 30.0 Å². The van der Waals surface area contributed by atoms with Gasteiger partial charge >= 0.3 is 6.18 Å². The number of aryl methyl sites for hydroxylation is 6. The molecule has 0 spiro atoms. The maximum absolute atomic E-state index is 12.8. The molecule has 12 nitrogen and oxygen atoms in total. The molecule has 0 aromatic heterocycles. The Morgan fingerprint density at radius 1 is 0.308 bits per heavy atom. The van der Waals surface area contributed by atoms with Crippen LogP contribution in [-0.4, -0.2) is 67.9 Å². The molecule has 0 unspecified atom stereocenters. The Labute approximate surface area is 716 Å². The molecule has 0 atom stereocenters. The van der Waals surface area contributed by atoms with Crippen LogP contribution >= 0.6 is 0 Å². The van der Waals surface area contributed by atoms with Crippen molar-refractivity contribution in [3.8, 4) is 34.5 Å². The molecule has 646 valence electrons. The number of phenols is 6. The average Bonchev–Trinajstić information content (AvgIpc) is 0.801. The predicted octanol–water partition coefficient (Wildman–Crippen LogP) is 30.6. The Morgan fingerprint density at radius 3 is 1.03 bits per heavy atom. The summed E-state index contributed by atoms with van der Waals surface area (Å²) in [5.41, 5.74) is 16.9. The summed E-state index contributed by atoms with van der Waals surface area (Å²) in [4.78, 5) is 27.4. The third kappa shape index (κ3) is 30.2. The Hall–Kier alpha value is -9.63. The van der Waals surface area contributed by atoms with Crippen LogP contribution in [0.3, 0.4) is 0 Å². The van der Waals surface area contributed by atoms with Gasteiger partial charge in [0.15, 0.2) is 0 Å². The molecule has 15 heteroatoms. The maximum Gasteiger partial charge on any atom is 0.416 e. The molecule has 8 aromatic carbocycles. The van der Waals surface area contributed by atoms with E-state index in [0.717, 1.165) is 177 Å². The summed E-state index contributed by atoms with van der Waals surface area (Å²) in [6, 6.07) is 38.6. The molecular formula is C105H139F3N6O6. The van der Waals surface area contributed by atoms with Gasteiger partial charge in [-0.05, 0) is 274 Å². The highest BCUT2D eigenvalue weighted by atomic mass is 19.4. The molecule has 120 heavy (non-hydrogen) atoms. The predicted molar refractivity (Wildman–Crippen MR) is 500 cm³/mol. The summed E-state index contributed by atoms with van der Waals surface area (Å²) in [7, 11) is 0. The molecule has 2 fully saturated rings. The van der Waals surface area contributed by atoms with Crippen molar-refractivity contribution in [1.82, 2.24) is 0 Å². The molecule has 0 amide bonds. The highest BCUT2D eigenvalue weighted by Crippen LogP contribution is 2.47. The molecule has 8 aromatic rings. The van der Waals surface area contributed by atoms with Crippen molar-refractivity contribution in [2.45, 2.75) is 330 Å². The molecule has 10 rings (SSSR count). The lowest BCUT2D eigenvalue weighted by molar-refractivity contribution is -0.137. The summed E-state index contributed by atoms with van der Waals surface area (Å²) in [6.45, 7) is 34.2. The summed E-state index contributed by atoms with van der Waals surface area (Å²) in [6.07, 6.45) is 36.8. The third-order valence-electron chi connectivity index (χ3n) is 23.0. The third-order valence-corrected chi connectivity index (χ3v) is 23.0. The second kappa shape index (κ2) is 45.3. The number of halogens is 3. The zero-order valence-electron chi connectivity index (χ0n) is 75.0. The van der Waals surface area contributed by atoms with Gasteiger partial charge in [0, 0.05) is 48.4 Å². The van der Waals surface area contributed by atoms with Gasteiger partial charge in [-0.25, -0.2) is 0 Å². The lowest BCUT2D eigenvalue weighted by Crippen LogP contribution is -2.16. The Morgan fingerprint density at radius 2 is 0.650 bits per heavy atom. The Kier molecular flexibility index (Phi) is 36.2. The fourth-order valence-corrected chi connectivity index (χ4v) is 15.7. The first kappa shape index (κ1) is 95.8. The number of nitrogens with zero attached hydrogens (tertiary/aromatic N) is 6. The van der Waals surface area contributed by atoms with Gasteiger partial charge in [0.1, 0.15) is 68.6 Å². The number of aliphatic imine (C=N–C) groups is 6. The zero-order chi connectivity index (χ0) is 87.4.